The summed E-state index contributed by atoms with van der Waals surface area (Å²) in [5.41, 5.74) is 4.28. The maximum absolute atomic E-state index is 12.1. The fraction of sp³-hybridized carbons (Fsp3) is 0.350. The van der Waals surface area contributed by atoms with E-state index in [0.29, 0.717) is 13.0 Å². The van der Waals surface area contributed by atoms with Crippen LogP contribution in [0, 0.1) is 13.8 Å². The maximum Gasteiger partial charge on any atom is 0.225 e. The quantitative estimate of drug-likeness (QED) is 0.730. The molecule has 0 spiro atoms. The number of hydrogen-bond acceptors (Lipinski definition) is 3. The lowest BCUT2D eigenvalue weighted by Gasteiger charge is -2.12. The number of rotatable bonds is 8. The molecule has 4 heteroatoms. The Morgan fingerprint density at radius 2 is 1.71 bits per heavy atom. The summed E-state index contributed by atoms with van der Waals surface area (Å²) in [7, 11) is 1.68. The third-order valence-electron chi connectivity index (χ3n) is 4.04. The summed E-state index contributed by atoms with van der Waals surface area (Å²) in [6, 6.07) is 14.0. The van der Waals surface area contributed by atoms with Gasteiger partial charge in [-0.3, -0.25) is 4.79 Å². The Bertz CT molecular complexity index is 663. The minimum atomic E-state index is 0.0391. The van der Waals surface area contributed by atoms with Gasteiger partial charge in [0.25, 0.3) is 0 Å². The summed E-state index contributed by atoms with van der Waals surface area (Å²) in [4.78, 5) is 12.1. The van der Waals surface area contributed by atoms with E-state index < -0.39 is 0 Å². The number of benzene rings is 2. The minimum absolute atomic E-state index is 0.0391. The van der Waals surface area contributed by atoms with Gasteiger partial charge in [0.1, 0.15) is 5.75 Å². The predicted octanol–water partition coefficient (Wildman–Crippen LogP) is 3.47. The smallest absolute Gasteiger partial charge is 0.225 e. The fourth-order valence-electron chi connectivity index (χ4n) is 2.67. The highest BCUT2D eigenvalue weighted by molar-refractivity contribution is 5.92. The minimum Gasteiger partial charge on any atom is -0.496 e. The van der Waals surface area contributed by atoms with Gasteiger partial charge in [0.05, 0.1) is 7.11 Å². The van der Waals surface area contributed by atoms with Crippen LogP contribution in [0.5, 0.6) is 5.75 Å². The Morgan fingerprint density at radius 1 is 1.00 bits per heavy atom. The van der Waals surface area contributed by atoms with Crippen LogP contribution in [0.3, 0.4) is 0 Å². The van der Waals surface area contributed by atoms with Crippen molar-refractivity contribution in [1.29, 1.82) is 0 Å². The average Bonchev–Trinajstić information content (AvgIpc) is 2.58. The molecule has 0 aliphatic carbocycles. The van der Waals surface area contributed by atoms with Crippen molar-refractivity contribution in [2.45, 2.75) is 26.7 Å². The normalized spacial score (nSPS) is 10.5. The molecule has 2 rings (SSSR count). The summed E-state index contributed by atoms with van der Waals surface area (Å²) in [6.07, 6.45) is 1.34. The molecule has 1 amide bonds. The first kappa shape index (κ1) is 18.0. The van der Waals surface area contributed by atoms with Crippen molar-refractivity contribution in [2.75, 3.05) is 25.5 Å². The lowest BCUT2D eigenvalue weighted by Crippen LogP contribution is -2.24. The van der Waals surface area contributed by atoms with E-state index in [0.717, 1.165) is 35.5 Å². The molecule has 0 fully saturated rings. The monoisotopic (exact) mass is 326 g/mol. The van der Waals surface area contributed by atoms with Crippen LogP contribution in [0.4, 0.5) is 5.69 Å². The fourth-order valence-corrected chi connectivity index (χ4v) is 2.67. The van der Waals surface area contributed by atoms with E-state index >= 15 is 0 Å². The van der Waals surface area contributed by atoms with Crippen molar-refractivity contribution < 1.29 is 9.53 Å². The Hall–Kier alpha value is -2.33. The molecule has 0 aromatic heterocycles. The molecular weight excluding hydrogens is 300 g/mol. The van der Waals surface area contributed by atoms with E-state index in [4.69, 9.17) is 4.74 Å². The Balaban J connectivity index is 1.71. The van der Waals surface area contributed by atoms with E-state index in [9.17, 15) is 4.79 Å². The van der Waals surface area contributed by atoms with Crippen molar-refractivity contribution in [3.05, 3.63) is 59.2 Å². The molecular formula is C20H26N2O2. The van der Waals surface area contributed by atoms with E-state index in [1.165, 1.54) is 5.56 Å². The first-order valence-corrected chi connectivity index (χ1v) is 8.30. The topological polar surface area (TPSA) is 50.4 Å². The number of carbonyl (C=O) groups is 1. The van der Waals surface area contributed by atoms with Gasteiger partial charge in [0.2, 0.25) is 5.91 Å². The van der Waals surface area contributed by atoms with E-state index in [2.05, 4.69) is 16.7 Å². The molecule has 0 unspecified atom stereocenters. The molecule has 2 N–H and O–H groups in total. The predicted molar refractivity (Wildman–Crippen MR) is 98.7 cm³/mol. The van der Waals surface area contributed by atoms with Crippen molar-refractivity contribution >= 4 is 11.6 Å². The number of aryl methyl sites for hydroxylation is 2. The molecule has 24 heavy (non-hydrogen) atoms. The van der Waals surface area contributed by atoms with Gasteiger partial charge in [-0.1, -0.05) is 36.4 Å². The number of anilines is 1. The van der Waals surface area contributed by atoms with Crippen LogP contribution in [0.25, 0.3) is 0 Å². The molecule has 4 nitrogen and oxygen atoms in total. The van der Waals surface area contributed by atoms with Crippen LogP contribution >= 0.6 is 0 Å². The zero-order chi connectivity index (χ0) is 17.4. The first-order valence-electron chi connectivity index (χ1n) is 8.30. The van der Waals surface area contributed by atoms with E-state index in [1.807, 2.05) is 50.2 Å². The molecule has 0 aliphatic rings. The molecule has 0 saturated carbocycles. The van der Waals surface area contributed by atoms with Gasteiger partial charge in [-0.2, -0.15) is 0 Å². The summed E-state index contributed by atoms with van der Waals surface area (Å²) < 4.78 is 5.34. The summed E-state index contributed by atoms with van der Waals surface area (Å²) in [5.74, 6) is 0.948. The Kier molecular flexibility index (Phi) is 6.82. The van der Waals surface area contributed by atoms with Crippen LogP contribution in [-0.2, 0) is 11.2 Å². The van der Waals surface area contributed by atoms with Gasteiger partial charge in [-0.05, 0) is 49.6 Å². The number of nitrogens with one attached hydrogen (secondary N) is 2. The number of methoxy groups -OCH3 is 1. The van der Waals surface area contributed by atoms with E-state index in [-0.39, 0.29) is 5.91 Å². The average molecular weight is 326 g/mol. The van der Waals surface area contributed by atoms with Crippen molar-refractivity contribution in [2.24, 2.45) is 0 Å². The van der Waals surface area contributed by atoms with Crippen molar-refractivity contribution in [3.63, 3.8) is 0 Å². The van der Waals surface area contributed by atoms with Gasteiger partial charge < -0.3 is 15.4 Å². The molecule has 0 saturated heterocycles. The SMILES string of the molecule is COc1ccccc1CCNCCC(=O)Nc1c(C)cccc1C. The van der Waals surface area contributed by atoms with Crippen LogP contribution in [0.1, 0.15) is 23.1 Å². The lowest BCUT2D eigenvalue weighted by molar-refractivity contribution is -0.116. The largest absolute Gasteiger partial charge is 0.496 e. The molecule has 0 radical (unpaired) electrons. The number of hydrogen-bond donors (Lipinski definition) is 2. The Labute approximate surface area is 144 Å². The van der Waals surface area contributed by atoms with Crippen LogP contribution in [0.15, 0.2) is 42.5 Å². The standard InChI is InChI=1S/C20H26N2O2/c1-15-7-6-8-16(2)20(15)22-19(23)12-14-21-13-11-17-9-4-5-10-18(17)24-3/h4-10,21H,11-14H2,1-3H3,(H,22,23). The van der Waals surface area contributed by atoms with Gasteiger partial charge in [-0.15, -0.1) is 0 Å². The van der Waals surface area contributed by atoms with Crippen molar-refractivity contribution in [3.8, 4) is 5.75 Å². The zero-order valence-electron chi connectivity index (χ0n) is 14.7. The molecule has 0 bridgehead atoms. The highest BCUT2D eigenvalue weighted by Crippen LogP contribution is 2.19. The second-order valence-electron chi connectivity index (χ2n) is 5.88. The third-order valence-corrected chi connectivity index (χ3v) is 4.04. The highest BCUT2D eigenvalue weighted by Gasteiger charge is 2.07. The van der Waals surface area contributed by atoms with Gasteiger partial charge >= 0.3 is 0 Å². The lowest BCUT2D eigenvalue weighted by atomic mass is 10.1. The third kappa shape index (κ3) is 5.10. The molecule has 0 heterocycles. The van der Waals surface area contributed by atoms with Crippen LogP contribution in [0.2, 0.25) is 0 Å². The van der Waals surface area contributed by atoms with Gasteiger partial charge in [-0.25, -0.2) is 0 Å². The number of amides is 1. The highest BCUT2D eigenvalue weighted by atomic mass is 16.5. The molecule has 0 atom stereocenters. The number of para-hydroxylation sites is 2. The summed E-state index contributed by atoms with van der Waals surface area (Å²) >= 11 is 0. The van der Waals surface area contributed by atoms with Crippen LogP contribution < -0.4 is 15.4 Å². The molecule has 2 aromatic rings. The van der Waals surface area contributed by atoms with Gasteiger partial charge in [0, 0.05) is 18.7 Å². The summed E-state index contributed by atoms with van der Waals surface area (Å²) in [5, 5.41) is 6.32. The number of ether oxygens (including phenoxy) is 1. The molecule has 2 aromatic carbocycles. The van der Waals surface area contributed by atoms with E-state index in [1.54, 1.807) is 7.11 Å². The van der Waals surface area contributed by atoms with Gasteiger partial charge in [0.15, 0.2) is 0 Å². The summed E-state index contributed by atoms with van der Waals surface area (Å²) in [6.45, 7) is 5.49. The maximum atomic E-state index is 12.1. The first-order chi connectivity index (χ1) is 11.6. The molecule has 0 aliphatic heterocycles. The zero-order valence-corrected chi connectivity index (χ0v) is 14.7. The second-order valence-corrected chi connectivity index (χ2v) is 5.88. The van der Waals surface area contributed by atoms with Crippen molar-refractivity contribution in [1.82, 2.24) is 5.32 Å². The second kappa shape index (κ2) is 9.08. The Morgan fingerprint density at radius 3 is 2.42 bits per heavy atom. The molecule has 128 valence electrons. The number of carbonyl (C=O) groups excluding carboxylic acids is 1. The van der Waals surface area contributed by atoms with Crippen LogP contribution in [-0.4, -0.2) is 26.1 Å².